The Labute approximate surface area is 80.8 Å². The minimum atomic E-state index is -0.923. The van der Waals surface area contributed by atoms with Gasteiger partial charge in [-0.05, 0) is 18.6 Å². The van der Waals surface area contributed by atoms with Gasteiger partial charge in [-0.2, -0.15) is 0 Å². The van der Waals surface area contributed by atoms with E-state index in [0.717, 1.165) is 12.1 Å². The lowest BCUT2D eigenvalue weighted by Crippen LogP contribution is -1.98. The zero-order valence-corrected chi connectivity index (χ0v) is 7.77. The van der Waals surface area contributed by atoms with E-state index in [2.05, 4.69) is 4.98 Å². The first-order valence-corrected chi connectivity index (χ1v) is 4.41. The Morgan fingerprint density at radius 3 is 3.07 bits per heavy atom. The zero-order chi connectivity index (χ0) is 10.1. The third-order valence-corrected chi connectivity index (χ3v) is 2.20. The topological polar surface area (TPSA) is 54.6 Å². The van der Waals surface area contributed by atoms with Gasteiger partial charge in [-0.15, -0.1) is 0 Å². The fourth-order valence-electron chi connectivity index (χ4n) is 1.43. The van der Waals surface area contributed by atoms with Gasteiger partial charge in [0, 0.05) is 18.1 Å². The molecule has 0 bridgehead atoms. The summed E-state index contributed by atoms with van der Waals surface area (Å²) in [6.45, 7) is 2.04. The molecule has 0 aliphatic heterocycles. The van der Waals surface area contributed by atoms with E-state index in [-0.39, 0.29) is 5.56 Å². The van der Waals surface area contributed by atoms with Crippen LogP contribution in [0.4, 0.5) is 0 Å². The van der Waals surface area contributed by atoms with Crippen LogP contribution in [0.15, 0.2) is 24.5 Å². The van der Waals surface area contributed by atoms with Crippen molar-refractivity contribution in [1.29, 1.82) is 0 Å². The van der Waals surface area contributed by atoms with Gasteiger partial charge >= 0.3 is 5.97 Å². The van der Waals surface area contributed by atoms with Gasteiger partial charge in [-0.3, -0.25) is 0 Å². The molecule has 72 valence electrons. The number of nitrogens with zero attached hydrogens (tertiary/aromatic N) is 2. The third-order valence-electron chi connectivity index (χ3n) is 2.20. The maximum Gasteiger partial charge on any atom is 0.335 e. The molecule has 0 radical (unpaired) electrons. The summed E-state index contributed by atoms with van der Waals surface area (Å²) in [7, 11) is 0. The molecule has 0 saturated carbocycles. The van der Waals surface area contributed by atoms with Crippen LogP contribution >= 0.6 is 0 Å². The van der Waals surface area contributed by atoms with Gasteiger partial charge in [-0.1, -0.05) is 6.92 Å². The Kier molecular flexibility index (Phi) is 1.96. The average molecular weight is 190 g/mol. The van der Waals surface area contributed by atoms with Crippen LogP contribution in [0.1, 0.15) is 23.0 Å². The second-order valence-corrected chi connectivity index (χ2v) is 3.05. The molecule has 0 atom stereocenters. The Morgan fingerprint density at radius 1 is 1.64 bits per heavy atom. The molecule has 2 rings (SSSR count). The van der Waals surface area contributed by atoms with Crippen LogP contribution in [0, 0.1) is 0 Å². The van der Waals surface area contributed by atoms with E-state index >= 15 is 0 Å². The van der Waals surface area contributed by atoms with Crippen molar-refractivity contribution in [1.82, 2.24) is 9.38 Å². The normalized spacial score (nSPS) is 10.6. The Hall–Kier alpha value is -1.84. The monoisotopic (exact) mass is 190 g/mol. The van der Waals surface area contributed by atoms with Crippen molar-refractivity contribution in [2.45, 2.75) is 13.3 Å². The molecule has 0 aliphatic rings. The van der Waals surface area contributed by atoms with Crippen molar-refractivity contribution < 1.29 is 9.90 Å². The summed E-state index contributed by atoms with van der Waals surface area (Å²) >= 11 is 0. The molecule has 2 aromatic heterocycles. The molecular formula is C10H10N2O2. The van der Waals surface area contributed by atoms with Crippen molar-refractivity contribution in [3.63, 3.8) is 0 Å². The lowest BCUT2D eigenvalue weighted by molar-refractivity contribution is 0.0697. The van der Waals surface area contributed by atoms with Crippen molar-refractivity contribution in [3.05, 3.63) is 35.8 Å². The maximum absolute atomic E-state index is 10.7. The maximum atomic E-state index is 10.7. The van der Waals surface area contributed by atoms with Crippen LogP contribution in [-0.4, -0.2) is 20.5 Å². The summed E-state index contributed by atoms with van der Waals surface area (Å²) in [5.41, 5.74) is 2.03. The van der Waals surface area contributed by atoms with E-state index in [1.165, 1.54) is 0 Å². The fraction of sp³-hybridized carbons (Fsp3) is 0.200. The third kappa shape index (κ3) is 1.25. The predicted octanol–water partition coefficient (Wildman–Crippen LogP) is 1.59. The molecule has 0 saturated heterocycles. The Bertz CT molecular complexity index is 488. The number of carboxylic acid groups (broad SMARTS) is 1. The van der Waals surface area contributed by atoms with Crippen molar-refractivity contribution in [3.8, 4) is 0 Å². The number of rotatable bonds is 2. The smallest absolute Gasteiger partial charge is 0.335 e. The summed E-state index contributed by atoms with van der Waals surface area (Å²) in [4.78, 5) is 14.8. The highest BCUT2D eigenvalue weighted by atomic mass is 16.4. The minimum absolute atomic E-state index is 0.269. The molecule has 0 fully saturated rings. The van der Waals surface area contributed by atoms with Gasteiger partial charge in [0.15, 0.2) is 0 Å². The van der Waals surface area contributed by atoms with Crippen LogP contribution in [-0.2, 0) is 6.42 Å². The van der Waals surface area contributed by atoms with Gasteiger partial charge < -0.3 is 9.51 Å². The summed E-state index contributed by atoms with van der Waals surface area (Å²) in [6.07, 6.45) is 4.39. The first-order valence-electron chi connectivity index (χ1n) is 4.41. The number of carboxylic acids is 1. The largest absolute Gasteiger partial charge is 0.478 e. The number of aromatic carboxylic acids is 1. The average Bonchev–Trinajstić information content (AvgIpc) is 2.59. The summed E-state index contributed by atoms with van der Waals surface area (Å²) in [6, 6.07) is 3.15. The van der Waals surface area contributed by atoms with Crippen LogP contribution in [0.5, 0.6) is 0 Å². The van der Waals surface area contributed by atoms with E-state index in [1.807, 2.05) is 11.3 Å². The number of imidazole rings is 1. The summed E-state index contributed by atoms with van der Waals surface area (Å²) in [5.74, 6) is -0.923. The highest BCUT2D eigenvalue weighted by molar-refractivity contribution is 5.88. The van der Waals surface area contributed by atoms with E-state index < -0.39 is 5.97 Å². The van der Waals surface area contributed by atoms with Crippen LogP contribution < -0.4 is 0 Å². The quantitative estimate of drug-likeness (QED) is 0.782. The van der Waals surface area contributed by atoms with E-state index in [4.69, 9.17) is 5.11 Å². The Morgan fingerprint density at radius 2 is 2.43 bits per heavy atom. The van der Waals surface area contributed by atoms with Crippen LogP contribution in [0.25, 0.3) is 5.65 Å². The predicted molar refractivity (Wildman–Crippen MR) is 51.5 cm³/mol. The van der Waals surface area contributed by atoms with E-state index in [9.17, 15) is 4.79 Å². The number of fused-ring (bicyclic) bond motifs is 1. The molecule has 2 aromatic rings. The van der Waals surface area contributed by atoms with Gasteiger partial charge in [-0.25, -0.2) is 9.78 Å². The molecule has 1 N–H and O–H groups in total. The standard InChI is InChI=1S/C10H10N2O2/c1-2-8-6-11-9-5-7(10(13)14)3-4-12(8)9/h3-6H,2H2,1H3,(H,13,14). The molecule has 14 heavy (non-hydrogen) atoms. The number of aryl methyl sites for hydroxylation is 1. The van der Waals surface area contributed by atoms with E-state index in [1.54, 1.807) is 24.5 Å². The van der Waals surface area contributed by atoms with Crippen molar-refractivity contribution in [2.75, 3.05) is 0 Å². The molecule has 0 aromatic carbocycles. The first-order chi connectivity index (χ1) is 6.72. The lowest BCUT2D eigenvalue weighted by Gasteiger charge is -1.99. The molecule has 0 unspecified atom stereocenters. The Balaban J connectivity index is 2.63. The van der Waals surface area contributed by atoms with Gasteiger partial charge in [0.2, 0.25) is 0 Å². The molecule has 0 aliphatic carbocycles. The second-order valence-electron chi connectivity index (χ2n) is 3.05. The van der Waals surface area contributed by atoms with Crippen LogP contribution in [0.3, 0.4) is 0 Å². The molecular weight excluding hydrogens is 180 g/mol. The van der Waals surface area contributed by atoms with Crippen molar-refractivity contribution in [2.24, 2.45) is 0 Å². The minimum Gasteiger partial charge on any atom is -0.478 e. The van der Waals surface area contributed by atoms with Gasteiger partial charge in [0.25, 0.3) is 0 Å². The molecule has 0 amide bonds. The molecule has 0 spiro atoms. The van der Waals surface area contributed by atoms with Gasteiger partial charge in [0.1, 0.15) is 5.65 Å². The summed E-state index contributed by atoms with van der Waals surface area (Å²) < 4.78 is 1.90. The number of pyridine rings is 1. The summed E-state index contributed by atoms with van der Waals surface area (Å²) in [5, 5.41) is 8.77. The highest BCUT2D eigenvalue weighted by Crippen LogP contribution is 2.09. The number of aromatic nitrogens is 2. The zero-order valence-electron chi connectivity index (χ0n) is 7.77. The highest BCUT2D eigenvalue weighted by Gasteiger charge is 2.06. The lowest BCUT2D eigenvalue weighted by atomic mass is 10.2. The fourth-order valence-corrected chi connectivity index (χ4v) is 1.43. The molecule has 4 heteroatoms. The molecule has 4 nitrogen and oxygen atoms in total. The number of hydrogen-bond donors (Lipinski definition) is 1. The SMILES string of the molecule is CCc1cnc2cc(C(=O)O)ccn12. The number of carbonyl (C=O) groups is 1. The van der Waals surface area contributed by atoms with Crippen molar-refractivity contribution >= 4 is 11.6 Å². The first kappa shape index (κ1) is 8.74. The molecule has 2 heterocycles. The van der Waals surface area contributed by atoms with Gasteiger partial charge in [0.05, 0.1) is 5.56 Å². The van der Waals surface area contributed by atoms with Crippen LogP contribution in [0.2, 0.25) is 0 Å². The second kappa shape index (κ2) is 3.14. The van der Waals surface area contributed by atoms with E-state index in [0.29, 0.717) is 5.65 Å². The number of hydrogen-bond acceptors (Lipinski definition) is 2.